The predicted molar refractivity (Wildman–Crippen MR) is 142 cm³/mol. The monoisotopic (exact) mass is 516 g/mol. The Hall–Kier alpha value is -4.00. The van der Waals surface area contributed by atoms with Crippen LogP contribution in [0, 0.1) is 11.6 Å². The maximum Gasteiger partial charge on any atom is 0.325 e. The lowest BCUT2D eigenvalue weighted by Gasteiger charge is -2.27. The molecule has 0 saturated carbocycles. The number of fused-ring (bicyclic) bond motifs is 3. The summed E-state index contributed by atoms with van der Waals surface area (Å²) in [6.07, 6.45) is 2.31. The molecule has 0 spiro atoms. The van der Waals surface area contributed by atoms with E-state index in [-0.39, 0.29) is 36.1 Å². The van der Waals surface area contributed by atoms with Crippen LogP contribution >= 0.6 is 0 Å². The molecular formula is C31H30F2N2O3. The molecule has 1 N–H and O–H groups in total. The van der Waals surface area contributed by atoms with Crippen LogP contribution in [0.25, 0.3) is 10.9 Å². The van der Waals surface area contributed by atoms with E-state index in [9.17, 15) is 18.4 Å². The van der Waals surface area contributed by atoms with Gasteiger partial charge in [0, 0.05) is 22.6 Å². The second kappa shape index (κ2) is 11.2. The maximum atomic E-state index is 14.2. The number of benzene rings is 3. The van der Waals surface area contributed by atoms with Gasteiger partial charge in [-0.3, -0.25) is 9.59 Å². The van der Waals surface area contributed by atoms with Crippen LogP contribution in [0.4, 0.5) is 8.78 Å². The van der Waals surface area contributed by atoms with Gasteiger partial charge in [-0.15, -0.1) is 0 Å². The first kappa shape index (κ1) is 25.6. The Morgan fingerprint density at radius 1 is 1.03 bits per heavy atom. The zero-order chi connectivity index (χ0) is 26.6. The zero-order valence-electron chi connectivity index (χ0n) is 21.3. The minimum absolute atomic E-state index is 0.0656. The van der Waals surface area contributed by atoms with Crippen molar-refractivity contribution in [1.82, 2.24) is 9.88 Å². The topological polar surface area (TPSA) is 60.3 Å². The molecule has 5 nitrogen and oxygen atoms in total. The highest BCUT2D eigenvalue weighted by Crippen LogP contribution is 2.33. The molecule has 7 heteroatoms. The molecule has 0 saturated heterocycles. The third-order valence-electron chi connectivity index (χ3n) is 7.24. The average molecular weight is 517 g/mol. The van der Waals surface area contributed by atoms with Crippen molar-refractivity contribution in [2.24, 2.45) is 0 Å². The number of nitrogens with zero attached hydrogens (tertiary/aromatic N) is 1. The highest BCUT2D eigenvalue weighted by Gasteiger charge is 2.30. The summed E-state index contributed by atoms with van der Waals surface area (Å²) >= 11 is 0. The number of carbonyl (C=O) groups excluding carboxylic acids is 2. The lowest BCUT2D eigenvalue weighted by molar-refractivity contribution is -0.143. The van der Waals surface area contributed by atoms with Gasteiger partial charge in [0.05, 0.1) is 12.5 Å². The van der Waals surface area contributed by atoms with E-state index >= 15 is 0 Å². The molecule has 2 atom stereocenters. The molecule has 196 valence electrons. The van der Waals surface area contributed by atoms with Crippen molar-refractivity contribution >= 4 is 22.8 Å². The molecule has 1 amide bonds. The van der Waals surface area contributed by atoms with E-state index in [2.05, 4.69) is 5.32 Å². The standard InChI is InChI=1S/C31H30F2N2O3/c1-2-38-30(36)19-35-28-14-12-23(33)17-26(28)27-18-24(13-15-29(27)35)34-31(37)25(21-6-4-3-5-7-21)16-20-8-10-22(32)11-9-20/h3-12,14,17,24-25H,2,13,15-16,18-19H2,1H3,(H,34,37)/t24-,25-/m0/s1. The van der Waals surface area contributed by atoms with Crippen LogP contribution in [0.15, 0.2) is 72.8 Å². The number of nitrogens with one attached hydrogen (secondary N) is 1. The number of aromatic nitrogens is 1. The largest absolute Gasteiger partial charge is 0.465 e. The van der Waals surface area contributed by atoms with E-state index in [0.717, 1.165) is 33.3 Å². The van der Waals surface area contributed by atoms with Crippen molar-refractivity contribution < 1.29 is 23.1 Å². The molecule has 0 unspecified atom stereocenters. The zero-order valence-corrected chi connectivity index (χ0v) is 21.3. The van der Waals surface area contributed by atoms with Gasteiger partial charge in [0.2, 0.25) is 5.91 Å². The normalized spacial score (nSPS) is 15.6. The Kier molecular flexibility index (Phi) is 7.54. The van der Waals surface area contributed by atoms with Gasteiger partial charge in [0.15, 0.2) is 0 Å². The van der Waals surface area contributed by atoms with E-state index in [1.54, 1.807) is 25.1 Å². The quantitative estimate of drug-likeness (QED) is 0.316. The molecule has 38 heavy (non-hydrogen) atoms. The molecule has 0 radical (unpaired) electrons. The smallest absolute Gasteiger partial charge is 0.325 e. The number of halogens is 2. The summed E-state index contributed by atoms with van der Waals surface area (Å²) in [5, 5.41) is 3.99. The highest BCUT2D eigenvalue weighted by molar-refractivity contribution is 5.88. The molecule has 4 aromatic rings. The van der Waals surface area contributed by atoms with Gasteiger partial charge in [-0.05, 0) is 79.6 Å². The van der Waals surface area contributed by atoms with Crippen molar-refractivity contribution in [2.45, 2.75) is 51.1 Å². The van der Waals surface area contributed by atoms with Crippen molar-refractivity contribution in [2.75, 3.05) is 6.61 Å². The first-order valence-corrected chi connectivity index (χ1v) is 13.0. The van der Waals surface area contributed by atoms with Crippen LogP contribution in [0.3, 0.4) is 0 Å². The predicted octanol–water partition coefficient (Wildman–Crippen LogP) is 5.48. The molecular weight excluding hydrogens is 486 g/mol. The second-order valence-electron chi connectivity index (χ2n) is 9.72. The summed E-state index contributed by atoms with van der Waals surface area (Å²) < 4.78 is 34.8. The minimum Gasteiger partial charge on any atom is -0.465 e. The van der Waals surface area contributed by atoms with E-state index in [1.165, 1.54) is 24.3 Å². The van der Waals surface area contributed by atoms with Gasteiger partial charge in [0.1, 0.15) is 18.2 Å². The summed E-state index contributed by atoms with van der Waals surface area (Å²) in [5.74, 6) is -1.53. The van der Waals surface area contributed by atoms with Crippen molar-refractivity contribution in [1.29, 1.82) is 0 Å². The van der Waals surface area contributed by atoms with Gasteiger partial charge >= 0.3 is 5.97 Å². The van der Waals surface area contributed by atoms with Crippen molar-refractivity contribution in [3.63, 3.8) is 0 Å². The number of hydrogen-bond acceptors (Lipinski definition) is 3. The third kappa shape index (κ3) is 5.47. The molecule has 1 aromatic heterocycles. The Morgan fingerprint density at radius 2 is 1.76 bits per heavy atom. The van der Waals surface area contributed by atoms with Gasteiger partial charge in [-0.25, -0.2) is 8.78 Å². The van der Waals surface area contributed by atoms with Crippen LogP contribution in [0.5, 0.6) is 0 Å². The maximum absolute atomic E-state index is 14.2. The van der Waals surface area contributed by atoms with Crippen molar-refractivity contribution in [3.8, 4) is 0 Å². The van der Waals surface area contributed by atoms with Gasteiger partial charge < -0.3 is 14.6 Å². The molecule has 1 aliphatic rings. The Labute approximate surface area is 220 Å². The lowest BCUT2D eigenvalue weighted by atomic mass is 9.88. The molecule has 1 heterocycles. The van der Waals surface area contributed by atoms with E-state index in [4.69, 9.17) is 4.74 Å². The number of amides is 1. The van der Waals surface area contributed by atoms with Crippen LogP contribution < -0.4 is 5.32 Å². The average Bonchev–Trinajstić information content (AvgIpc) is 3.20. The van der Waals surface area contributed by atoms with E-state index in [1.807, 2.05) is 34.9 Å². The Bertz CT molecular complexity index is 1450. The van der Waals surface area contributed by atoms with Gasteiger partial charge in [0.25, 0.3) is 0 Å². The molecule has 0 fully saturated rings. The van der Waals surface area contributed by atoms with Crippen LogP contribution in [0.2, 0.25) is 0 Å². The fraction of sp³-hybridized carbons (Fsp3) is 0.290. The molecule has 0 aliphatic heterocycles. The number of hydrogen-bond donors (Lipinski definition) is 1. The Morgan fingerprint density at radius 3 is 2.50 bits per heavy atom. The number of esters is 1. The summed E-state index contributed by atoms with van der Waals surface area (Å²) in [6, 6.07) is 20.3. The van der Waals surface area contributed by atoms with E-state index in [0.29, 0.717) is 32.3 Å². The molecule has 0 bridgehead atoms. The molecule has 1 aliphatic carbocycles. The summed E-state index contributed by atoms with van der Waals surface area (Å²) in [6.45, 7) is 2.13. The highest BCUT2D eigenvalue weighted by atomic mass is 19.1. The lowest BCUT2D eigenvalue weighted by Crippen LogP contribution is -2.42. The van der Waals surface area contributed by atoms with E-state index < -0.39 is 5.92 Å². The first-order chi connectivity index (χ1) is 18.4. The van der Waals surface area contributed by atoms with Crippen LogP contribution in [-0.4, -0.2) is 29.1 Å². The first-order valence-electron chi connectivity index (χ1n) is 13.0. The Balaban J connectivity index is 1.40. The summed E-state index contributed by atoms with van der Waals surface area (Å²) in [5.41, 5.74) is 4.48. The van der Waals surface area contributed by atoms with Crippen LogP contribution in [-0.2, 0) is 40.1 Å². The van der Waals surface area contributed by atoms with Crippen LogP contribution in [0.1, 0.15) is 41.6 Å². The minimum atomic E-state index is -0.439. The van der Waals surface area contributed by atoms with Gasteiger partial charge in [-0.1, -0.05) is 42.5 Å². The molecule has 5 rings (SSSR count). The number of carbonyl (C=O) groups is 2. The third-order valence-corrected chi connectivity index (χ3v) is 7.24. The fourth-order valence-corrected chi connectivity index (χ4v) is 5.47. The fourth-order valence-electron chi connectivity index (χ4n) is 5.47. The van der Waals surface area contributed by atoms with Gasteiger partial charge in [-0.2, -0.15) is 0 Å². The summed E-state index contributed by atoms with van der Waals surface area (Å²) in [7, 11) is 0. The number of ether oxygens (including phenoxy) is 1. The van der Waals surface area contributed by atoms with Crippen molar-refractivity contribution in [3.05, 3.63) is 107 Å². The molecule has 3 aromatic carbocycles. The second-order valence-corrected chi connectivity index (χ2v) is 9.72. The SMILES string of the molecule is CCOC(=O)Cn1c2c(c3cc(F)ccc31)C[C@@H](NC(=O)[C@@H](Cc1ccc(F)cc1)c1ccccc1)CC2. The number of rotatable bonds is 8. The summed E-state index contributed by atoms with van der Waals surface area (Å²) in [4.78, 5) is 25.9.